The molecule has 0 fully saturated rings. The average molecular weight is 355 g/mol. The summed E-state index contributed by atoms with van der Waals surface area (Å²) in [6, 6.07) is 0. The van der Waals surface area contributed by atoms with Crippen LogP contribution >= 0.6 is 23.1 Å². The number of aryl methyl sites for hydroxylation is 2. The maximum atomic E-state index is 4.60. The Hall–Kier alpha value is -2.39. The highest BCUT2D eigenvalue weighted by atomic mass is 32.2. The van der Waals surface area contributed by atoms with Crippen molar-refractivity contribution < 1.29 is 0 Å². The topological polar surface area (TPSA) is 82.3 Å². The van der Waals surface area contributed by atoms with Crippen LogP contribution in [0.3, 0.4) is 0 Å². The molecule has 4 aromatic heterocycles. The van der Waals surface area contributed by atoms with Crippen LogP contribution < -0.4 is 0 Å². The van der Waals surface area contributed by atoms with E-state index in [1.54, 1.807) is 29.9 Å². The van der Waals surface area contributed by atoms with Crippen molar-refractivity contribution in [3.8, 4) is 11.5 Å². The van der Waals surface area contributed by atoms with Crippen molar-refractivity contribution >= 4 is 33.3 Å². The summed E-state index contributed by atoms with van der Waals surface area (Å²) in [4.78, 5) is 18.5. The third-order valence-corrected chi connectivity index (χ3v) is 5.53. The van der Waals surface area contributed by atoms with E-state index in [0.717, 1.165) is 26.2 Å². The third-order valence-electron chi connectivity index (χ3n) is 3.51. The summed E-state index contributed by atoms with van der Waals surface area (Å²) in [5.74, 6) is 1.43. The molecule has 120 valence electrons. The van der Waals surface area contributed by atoms with Gasteiger partial charge in [-0.2, -0.15) is 0 Å². The van der Waals surface area contributed by atoms with Gasteiger partial charge in [0.15, 0.2) is 11.0 Å². The molecule has 0 aromatic carbocycles. The first-order valence-corrected chi connectivity index (χ1v) is 8.89. The van der Waals surface area contributed by atoms with Crippen LogP contribution in [0.15, 0.2) is 34.2 Å². The second-order valence-corrected chi connectivity index (χ2v) is 7.05. The highest BCUT2D eigenvalue weighted by Crippen LogP contribution is 2.35. The van der Waals surface area contributed by atoms with E-state index in [9.17, 15) is 0 Å². The summed E-state index contributed by atoms with van der Waals surface area (Å²) in [5, 5.41) is 13.4. The minimum absolute atomic E-state index is 0.676. The molecular formula is C15H13N7S2. The molecule has 7 nitrogen and oxygen atoms in total. The van der Waals surface area contributed by atoms with Crippen LogP contribution in [0.25, 0.3) is 21.7 Å². The normalized spacial score (nSPS) is 11.3. The molecule has 0 amide bonds. The van der Waals surface area contributed by atoms with Gasteiger partial charge in [-0.3, -0.25) is 4.98 Å². The zero-order valence-corrected chi connectivity index (χ0v) is 14.9. The summed E-state index contributed by atoms with van der Waals surface area (Å²) in [5.41, 5.74) is 1.86. The number of nitrogens with zero attached hydrogens (tertiary/aromatic N) is 7. The monoisotopic (exact) mass is 355 g/mol. The second-order valence-electron chi connectivity index (χ2n) is 5.23. The van der Waals surface area contributed by atoms with Crippen molar-refractivity contribution in [1.82, 2.24) is 34.7 Å². The smallest absolute Gasteiger partial charge is 0.197 e. The van der Waals surface area contributed by atoms with E-state index in [1.807, 2.05) is 18.5 Å². The van der Waals surface area contributed by atoms with E-state index in [4.69, 9.17) is 0 Å². The molecule has 0 aliphatic carbocycles. The number of fused-ring (bicyclic) bond motifs is 1. The highest BCUT2D eigenvalue weighted by Gasteiger charge is 2.17. The van der Waals surface area contributed by atoms with Crippen LogP contribution in [0.4, 0.5) is 0 Å². The first kappa shape index (κ1) is 15.2. The lowest BCUT2D eigenvalue weighted by atomic mass is 10.3. The number of thiophene rings is 1. The lowest BCUT2D eigenvalue weighted by Gasteiger charge is -2.05. The van der Waals surface area contributed by atoms with Gasteiger partial charge in [-0.05, 0) is 36.6 Å². The first-order valence-electron chi connectivity index (χ1n) is 7.19. The van der Waals surface area contributed by atoms with Crippen LogP contribution in [-0.4, -0.2) is 34.7 Å². The number of aromatic nitrogens is 7. The molecular weight excluding hydrogens is 342 g/mol. The predicted molar refractivity (Wildman–Crippen MR) is 93.0 cm³/mol. The van der Waals surface area contributed by atoms with Gasteiger partial charge in [0, 0.05) is 24.8 Å². The molecule has 0 radical (unpaired) electrons. The minimum Gasteiger partial charge on any atom is -0.303 e. The fraction of sp³-hybridized carbons (Fsp3) is 0.200. The van der Waals surface area contributed by atoms with Gasteiger partial charge in [0.1, 0.15) is 21.4 Å². The fourth-order valence-corrected chi connectivity index (χ4v) is 4.40. The molecule has 4 rings (SSSR count). The lowest BCUT2D eigenvalue weighted by molar-refractivity contribution is 0.790. The standard InChI is InChI=1S/C15H13N7S2/c1-8-7-23-13-11(8)14(19-9(2)18-13)24-15-21-20-12(22(15)3)10-6-16-4-5-17-10/h4-7H,1-3H3. The molecule has 0 spiro atoms. The maximum Gasteiger partial charge on any atom is 0.197 e. The van der Waals surface area contributed by atoms with Gasteiger partial charge in [-0.1, -0.05) is 0 Å². The fourth-order valence-electron chi connectivity index (χ4n) is 2.35. The second kappa shape index (κ2) is 5.91. The van der Waals surface area contributed by atoms with Gasteiger partial charge in [0.2, 0.25) is 0 Å². The van der Waals surface area contributed by atoms with Crippen LogP contribution in [-0.2, 0) is 7.05 Å². The van der Waals surface area contributed by atoms with Crippen LogP contribution in [0, 0.1) is 13.8 Å². The number of hydrogen-bond acceptors (Lipinski definition) is 8. The van der Waals surface area contributed by atoms with Crippen molar-refractivity contribution in [2.24, 2.45) is 7.05 Å². The van der Waals surface area contributed by atoms with Crippen molar-refractivity contribution in [3.63, 3.8) is 0 Å². The molecule has 0 bridgehead atoms. The Morgan fingerprint density at radius 1 is 1.12 bits per heavy atom. The van der Waals surface area contributed by atoms with Crippen molar-refractivity contribution in [2.75, 3.05) is 0 Å². The largest absolute Gasteiger partial charge is 0.303 e. The Morgan fingerprint density at radius 2 is 2.00 bits per heavy atom. The van der Waals surface area contributed by atoms with Crippen molar-refractivity contribution in [2.45, 2.75) is 24.0 Å². The Bertz CT molecular complexity index is 1020. The molecule has 0 N–H and O–H groups in total. The first-order chi connectivity index (χ1) is 11.6. The van der Waals surface area contributed by atoms with Crippen LogP contribution in [0.2, 0.25) is 0 Å². The quantitative estimate of drug-likeness (QED) is 0.522. The van der Waals surface area contributed by atoms with E-state index in [2.05, 4.69) is 42.4 Å². The highest BCUT2D eigenvalue weighted by molar-refractivity contribution is 7.99. The van der Waals surface area contributed by atoms with Crippen molar-refractivity contribution in [3.05, 3.63) is 35.4 Å². The molecule has 0 saturated carbocycles. The van der Waals surface area contributed by atoms with Gasteiger partial charge in [0.05, 0.1) is 6.20 Å². The summed E-state index contributed by atoms with van der Waals surface area (Å²) in [6.45, 7) is 3.98. The Balaban J connectivity index is 1.77. The van der Waals surface area contributed by atoms with E-state index in [0.29, 0.717) is 11.5 Å². The Labute approximate surface area is 146 Å². The Morgan fingerprint density at radius 3 is 2.79 bits per heavy atom. The van der Waals surface area contributed by atoms with E-state index >= 15 is 0 Å². The maximum absolute atomic E-state index is 4.60. The van der Waals surface area contributed by atoms with Gasteiger partial charge in [-0.15, -0.1) is 21.5 Å². The minimum atomic E-state index is 0.676. The molecule has 0 aliphatic rings. The summed E-state index contributed by atoms with van der Waals surface area (Å²) in [6.07, 6.45) is 4.95. The summed E-state index contributed by atoms with van der Waals surface area (Å²) >= 11 is 3.12. The SMILES string of the molecule is Cc1nc(Sc2nnc(-c3cnccn3)n2C)c2c(C)csc2n1. The molecule has 24 heavy (non-hydrogen) atoms. The average Bonchev–Trinajstić information content (AvgIpc) is 3.12. The molecule has 0 aliphatic heterocycles. The van der Waals surface area contributed by atoms with Gasteiger partial charge in [-0.25, -0.2) is 15.0 Å². The number of hydrogen-bond donors (Lipinski definition) is 0. The molecule has 0 atom stereocenters. The van der Waals surface area contributed by atoms with Gasteiger partial charge < -0.3 is 4.57 Å². The van der Waals surface area contributed by atoms with Crippen LogP contribution in [0.5, 0.6) is 0 Å². The van der Waals surface area contributed by atoms with Gasteiger partial charge >= 0.3 is 0 Å². The van der Waals surface area contributed by atoms with E-state index < -0.39 is 0 Å². The summed E-state index contributed by atoms with van der Waals surface area (Å²) < 4.78 is 1.90. The van der Waals surface area contributed by atoms with Crippen LogP contribution in [0.1, 0.15) is 11.4 Å². The third kappa shape index (κ3) is 2.55. The molecule has 0 unspecified atom stereocenters. The van der Waals surface area contributed by atoms with Crippen molar-refractivity contribution in [1.29, 1.82) is 0 Å². The Kier molecular flexibility index (Phi) is 3.73. The molecule has 4 heterocycles. The number of rotatable bonds is 3. The lowest BCUT2D eigenvalue weighted by Crippen LogP contribution is -1.98. The zero-order chi connectivity index (χ0) is 16.7. The zero-order valence-electron chi connectivity index (χ0n) is 13.3. The molecule has 9 heteroatoms. The molecule has 0 saturated heterocycles. The van der Waals surface area contributed by atoms with E-state index in [1.165, 1.54) is 17.3 Å². The van der Waals surface area contributed by atoms with E-state index in [-0.39, 0.29) is 0 Å². The molecule has 4 aromatic rings. The van der Waals surface area contributed by atoms with Gasteiger partial charge in [0.25, 0.3) is 0 Å². The predicted octanol–water partition coefficient (Wildman–Crippen LogP) is 3.04. The summed E-state index contributed by atoms with van der Waals surface area (Å²) in [7, 11) is 1.91.